The largest absolute Gasteiger partial charge is 0.458 e. The van der Waals surface area contributed by atoms with Crippen molar-refractivity contribution in [2.24, 2.45) is 28.6 Å². The Kier molecular flexibility index (Phi) is 6.62. The second-order valence-corrected chi connectivity index (χ2v) is 15.0. The molecular weight excluding hydrogens is 528 g/mol. The fourth-order valence-corrected chi connectivity index (χ4v) is 10.9. The highest BCUT2D eigenvalue weighted by Crippen LogP contribution is 2.70. The van der Waals surface area contributed by atoms with Gasteiger partial charge in [0.05, 0.1) is 36.1 Å². The van der Waals surface area contributed by atoms with Crippen LogP contribution in [0.5, 0.6) is 0 Å². The quantitative estimate of drug-likeness (QED) is 0.341. The van der Waals surface area contributed by atoms with Crippen LogP contribution in [0.4, 0.5) is 0 Å². The molecule has 0 radical (unpaired) electrons. The van der Waals surface area contributed by atoms with E-state index in [2.05, 4.69) is 6.92 Å². The van der Waals surface area contributed by atoms with Crippen LogP contribution in [0.25, 0.3) is 0 Å². The summed E-state index contributed by atoms with van der Waals surface area (Å²) in [5.74, 6) is -0.781. The van der Waals surface area contributed by atoms with E-state index in [1.807, 2.05) is 20.8 Å². The van der Waals surface area contributed by atoms with E-state index in [9.17, 15) is 20.1 Å². The Morgan fingerprint density at radius 2 is 1.78 bits per heavy atom. The van der Waals surface area contributed by atoms with Gasteiger partial charge in [0.15, 0.2) is 12.1 Å². The summed E-state index contributed by atoms with van der Waals surface area (Å²) < 4.78 is 30.1. The van der Waals surface area contributed by atoms with Crippen LogP contribution in [0.2, 0.25) is 0 Å². The lowest BCUT2D eigenvalue weighted by Crippen LogP contribution is -2.69. The number of rotatable bonds is 4. The first-order valence-corrected chi connectivity index (χ1v) is 15.9. The minimum absolute atomic E-state index is 0.00269. The lowest BCUT2D eigenvalue weighted by molar-refractivity contribution is -0.292. The molecule has 3 N–H and O–H groups in total. The van der Waals surface area contributed by atoms with Crippen molar-refractivity contribution in [1.29, 1.82) is 0 Å². The first kappa shape index (κ1) is 28.7. The Bertz CT molecular complexity index is 1110. The number of hydrogen-bond donors (Lipinski definition) is 3. The van der Waals surface area contributed by atoms with Crippen LogP contribution < -0.4 is 0 Å². The molecule has 2 saturated heterocycles. The maximum atomic E-state index is 12.5. The number of hydrogen-bond acceptors (Lipinski definition) is 9. The van der Waals surface area contributed by atoms with E-state index in [-0.39, 0.29) is 60.2 Å². The Labute approximate surface area is 242 Å². The van der Waals surface area contributed by atoms with Crippen molar-refractivity contribution in [2.75, 3.05) is 13.2 Å². The average Bonchev–Trinajstić information content (AvgIpc) is 3.55. The first-order valence-electron chi connectivity index (χ1n) is 15.9. The molecule has 9 heteroatoms. The number of esters is 1. The third kappa shape index (κ3) is 4.09. The summed E-state index contributed by atoms with van der Waals surface area (Å²) in [7, 11) is 0. The van der Waals surface area contributed by atoms with Crippen LogP contribution >= 0.6 is 0 Å². The number of cyclic esters (lactones) is 1. The lowest BCUT2D eigenvalue weighted by Gasteiger charge is -2.66. The zero-order valence-electron chi connectivity index (χ0n) is 25.0. The molecule has 0 aromatic carbocycles. The minimum Gasteiger partial charge on any atom is -0.458 e. The molecular formula is C32H48O9. The summed E-state index contributed by atoms with van der Waals surface area (Å²) in [5, 5.41) is 35.8. The zero-order valence-corrected chi connectivity index (χ0v) is 25.0. The second kappa shape index (κ2) is 9.46. The van der Waals surface area contributed by atoms with E-state index >= 15 is 0 Å². The molecule has 12 atom stereocenters. The molecule has 3 heterocycles. The van der Waals surface area contributed by atoms with Crippen LogP contribution in [0, 0.1) is 28.6 Å². The molecule has 0 aromatic rings. The van der Waals surface area contributed by atoms with Gasteiger partial charge in [-0.05, 0) is 95.5 Å². The molecule has 0 spiro atoms. The predicted octanol–water partition coefficient (Wildman–Crippen LogP) is 3.37. The van der Waals surface area contributed by atoms with Crippen molar-refractivity contribution < 1.29 is 43.8 Å². The first-order chi connectivity index (χ1) is 19.3. The van der Waals surface area contributed by atoms with Crippen LogP contribution in [-0.4, -0.2) is 82.2 Å². The summed E-state index contributed by atoms with van der Waals surface area (Å²) in [6.07, 6.45) is 7.46. The number of aliphatic hydroxyl groups excluding tert-OH is 1. The molecule has 6 fully saturated rings. The van der Waals surface area contributed by atoms with Gasteiger partial charge in [-0.1, -0.05) is 6.92 Å². The minimum atomic E-state index is -1.07. The summed E-state index contributed by atoms with van der Waals surface area (Å²) in [5.41, 5.74) is -1.98. The normalized spacial score (nSPS) is 54.0. The molecule has 230 valence electrons. The Morgan fingerprint density at radius 3 is 2.51 bits per heavy atom. The fourth-order valence-electron chi connectivity index (χ4n) is 10.9. The highest BCUT2D eigenvalue weighted by molar-refractivity contribution is 5.85. The van der Waals surface area contributed by atoms with Gasteiger partial charge in [0.25, 0.3) is 0 Å². The van der Waals surface area contributed by atoms with Crippen LogP contribution in [0.1, 0.15) is 91.9 Å². The molecule has 41 heavy (non-hydrogen) atoms. The highest BCUT2D eigenvalue weighted by atomic mass is 16.8. The molecule has 4 saturated carbocycles. The van der Waals surface area contributed by atoms with Crippen molar-refractivity contribution in [3.05, 3.63) is 11.6 Å². The van der Waals surface area contributed by atoms with E-state index in [0.717, 1.165) is 31.3 Å². The van der Waals surface area contributed by atoms with Crippen molar-refractivity contribution >= 4 is 5.97 Å². The smallest absolute Gasteiger partial charge is 0.331 e. The fraction of sp³-hybridized carbons (Fsp3) is 0.906. The van der Waals surface area contributed by atoms with Crippen LogP contribution in [0.3, 0.4) is 0 Å². The van der Waals surface area contributed by atoms with Gasteiger partial charge in [-0.25, -0.2) is 4.79 Å². The van der Waals surface area contributed by atoms with Gasteiger partial charge < -0.3 is 39.0 Å². The van der Waals surface area contributed by atoms with Crippen molar-refractivity contribution in [3.63, 3.8) is 0 Å². The SMILES string of the molecule is CC1O[C@@H](O[C@H]2CC[C@]3(CO)C4CC[C@]5(C)[C@@H](C6=CC(=O)OC6)CC[C@]5(O)C4CC[C@]3(O)C2)CC2OC(C)(C)O[C@H]12. The molecule has 9 nitrogen and oxygen atoms in total. The maximum Gasteiger partial charge on any atom is 0.331 e. The molecule has 0 bridgehead atoms. The number of carbonyl (C=O) groups excluding carboxylic acids is 1. The Morgan fingerprint density at radius 1 is 1.00 bits per heavy atom. The topological polar surface area (TPSA) is 124 Å². The van der Waals surface area contributed by atoms with Gasteiger partial charge in [-0.3, -0.25) is 0 Å². The van der Waals surface area contributed by atoms with E-state index in [0.29, 0.717) is 45.1 Å². The molecule has 4 unspecified atom stereocenters. The highest BCUT2D eigenvalue weighted by Gasteiger charge is 2.71. The predicted molar refractivity (Wildman–Crippen MR) is 146 cm³/mol. The molecule has 0 amide bonds. The standard InChI is InChI=1S/C32H48O9/c1-18-27-24(40-28(2,3)41-27)14-26(38-18)39-20-5-10-30(17-33)22-6-9-29(4)21(19-13-25(34)37-16-19)8-12-32(29,36)23(22)7-11-31(30,35)15-20/h13,18,20-24,26-27,33,35-36H,5-12,14-17H2,1-4H3/t18?,20-,21+,22?,23?,24?,26-,27+,29+,30-,31-,32-/m0/s1. The van der Waals surface area contributed by atoms with Crippen molar-refractivity contribution in [1.82, 2.24) is 0 Å². The third-order valence-electron chi connectivity index (χ3n) is 12.9. The van der Waals surface area contributed by atoms with Gasteiger partial charge in [0.2, 0.25) is 0 Å². The molecule has 7 aliphatic rings. The molecule has 7 rings (SSSR count). The number of carbonyl (C=O) groups is 1. The van der Waals surface area contributed by atoms with Gasteiger partial charge >= 0.3 is 5.97 Å². The van der Waals surface area contributed by atoms with Crippen molar-refractivity contribution in [2.45, 2.75) is 140 Å². The van der Waals surface area contributed by atoms with Gasteiger partial charge in [0.1, 0.15) is 12.7 Å². The summed E-state index contributed by atoms with van der Waals surface area (Å²) >= 11 is 0. The van der Waals surface area contributed by atoms with Crippen molar-refractivity contribution in [3.8, 4) is 0 Å². The maximum absolute atomic E-state index is 12.5. The molecule has 0 aromatic heterocycles. The van der Waals surface area contributed by atoms with E-state index in [1.165, 1.54) is 0 Å². The number of fused-ring (bicyclic) bond motifs is 6. The molecule has 4 aliphatic carbocycles. The van der Waals surface area contributed by atoms with Gasteiger partial charge in [-0.15, -0.1) is 0 Å². The second-order valence-electron chi connectivity index (χ2n) is 15.0. The summed E-state index contributed by atoms with van der Waals surface area (Å²) in [6.45, 7) is 8.26. The monoisotopic (exact) mass is 576 g/mol. The number of aliphatic hydroxyl groups is 3. The van der Waals surface area contributed by atoms with Crippen LogP contribution in [0.15, 0.2) is 11.6 Å². The van der Waals surface area contributed by atoms with E-state index in [1.54, 1.807) is 6.08 Å². The van der Waals surface area contributed by atoms with Gasteiger partial charge in [0, 0.05) is 29.7 Å². The van der Waals surface area contributed by atoms with E-state index < -0.39 is 28.7 Å². The summed E-state index contributed by atoms with van der Waals surface area (Å²) in [6, 6.07) is 0. The summed E-state index contributed by atoms with van der Waals surface area (Å²) in [4.78, 5) is 11.9. The Balaban J connectivity index is 1.08. The van der Waals surface area contributed by atoms with Crippen LogP contribution in [-0.2, 0) is 28.5 Å². The Hall–Kier alpha value is -1.07. The number of ether oxygens (including phenoxy) is 5. The van der Waals surface area contributed by atoms with Gasteiger partial charge in [-0.2, -0.15) is 0 Å². The molecule has 3 aliphatic heterocycles. The zero-order chi connectivity index (χ0) is 29.0. The third-order valence-corrected chi connectivity index (χ3v) is 12.9. The lowest BCUT2D eigenvalue weighted by atomic mass is 9.41. The van der Waals surface area contributed by atoms with E-state index in [4.69, 9.17) is 23.7 Å². The average molecular weight is 577 g/mol.